The maximum Gasteiger partial charge on any atom is 0.327 e. The summed E-state index contributed by atoms with van der Waals surface area (Å²) >= 11 is 0. The Kier molecular flexibility index (Phi) is 30.0. The number of aromatic nitrogens is 4. The number of aliphatic hydroxyl groups excluding tert-OH is 1. The number of likely N-dealkylation sites (N-methyl/N-ethyl adjacent to an activating group) is 7. The molecule has 26 heteroatoms. The largest absolute Gasteiger partial charge is 0.390 e. The highest BCUT2D eigenvalue weighted by atomic mass is 16.3. The van der Waals surface area contributed by atoms with Crippen LogP contribution in [0.25, 0.3) is 11.2 Å². The fraction of sp³-hybridized carbons (Fsp3) is 0.761. The van der Waals surface area contributed by atoms with Gasteiger partial charge in [0.05, 0.1) is 24.7 Å². The lowest BCUT2D eigenvalue weighted by Crippen LogP contribution is -2.62. The number of carbonyl (C=O) groups is 11. The van der Waals surface area contributed by atoms with Crippen LogP contribution in [0.4, 0.5) is 0 Å². The molecule has 3 rings (SSSR count). The molecule has 1 aliphatic heterocycles. The number of amides is 8. The molecule has 0 radical (unpaired) electrons. The van der Waals surface area contributed by atoms with E-state index in [2.05, 4.69) is 25.3 Å². The monoisotopic (exact) mass is 1310 g/mol. The summed E-state index contributed by atoms with van der Waals surface area (Å²) in [4.78, 5) is 207. The molecule has 26 nitrogen and oxygen atoms in total. The zero-order valence-electron chi connectivity index (χ0n) is 59.8. The van der Waals surface area contributed by atoms with E-state index in [1.165, 1.54) is 87.7 Å². The van der Waals surface area contributed by atoms with E-state index in [1.807, 2.05) is 55.4 Å². The number of imidazole rings is 1. The van der Waals surface area contributed by atoms with E-state index in [4.69, 9.17) is 0 Å². The van der Waals surface area contributed by atoms with Crippen molar-refractivity contribution in [3.05, 3.63) is 26.7 Å². The van der Waals surface area contributed by atoms with Crippen LogP contribution in [-0.4, -0.2) is 228 Å². The van der Waals surface area contributed by atoms with Gasteiger partial charge in [-0.3, -0.25) is 67.5 Å². The molecule has 5 N–H and O–H groups in total. The summed E-state index contributed by atoms with van der Waals surface area (Å²) in [5, 5.41) is 15.2. The summed E-state index contributed by atoms with van der Waals surface area (Å²) in [6, 6.07) is -8.66. The van der Waals surface area contributed by atoms with Crippen LogP contribution in [0, 0.1) is 59.2 Å². The van der Waals surface area contributed by atoms with E-state index in [0.29, 0.717) is 0 Å². The Bertz CT molecular complexity index is 3090. The highest BCUT2D eigenvalue weighted by Crippen LogP contribution is 2.29. The molecule has 0 aliphatic carbocycles. The second kappa shape index (κ2) is 34.9. The van der Waals surface area contributed by atoms with Crippen molar-refractivity contribution in [2.24, 2.45) is 59.2 Å². The SMILES string of the molecule is CC[C@@H]1CC(=O)[C@H]([C@H](O)[C@H](C)Cc2nc3[nH]c(=O)[nH]c(=O)c3[nH]2)N(C)C(=O)[C@H](C(C)C)N(C)C(=O)[C@H](CC(C)C)N(C)C(=O)[C@H](CC(C)C)N(C)C(=O)[C@@H](C)NC(=O)[C@H](C)CC(=O)[C@H](CC(C)C)N(C)C(=O)[C@H](C(C)C)CC(=O)[C@H](CC(C)C)N(C)C(=O)CN(C)C1=O. The molecule has 524 valence electrons. The van der Waals surface area contributed by atoms with Crippen LogP contribution >= 0.6 is 0 Å². The molecule has 1 aliphatic rings. The second-order valence-corrected chi connectivity index (χ2v) is 28.7. The minimum atomic E-state index is -1.71. The Labute approximate surface area is 549 Å². The van der Waals surface area contributed by atoms with Crippen molar-refractivity contribution in [2.75, 3.05) is 55.9 Å². The molecule has 2 aromatic rings. The predicted octanol–water partition coefficient (Wildman–Crippen LogP) is 4.07. The molecule has 0 unspecified atom stereocenters. The lowest BCUT2D eigenvalue weighted by Gasteiger charge is -2.41. The average molecular weight is 1310 g/mol. The summed E-state index contributed by atoms with van der Waals surface area (Å²) < 4.78 is 0. The van der Waals surface area contributed by atoms with Crippen LogP contribution in [0.2, 0.25) is 0 Å². The van der Waals surface area contributed by atoms with Gasteiger partial charge >= 0.3 is 5.69 Å². The maximum absolute atomic E-state index is 15.4. The number of nitrogens with zero attached hydrogens (tertiary/aromatic N) is 8. The van der Waals surface area contributed by atoms with Gasteiger partial charge < -0.3 is 49.7 Å². The molecular weight excluding hydrogens is 1200 g/mol. The number of hydrogen-bond acceptors (Lipinski definition) is 15. The maximum atomic E-state index is 15.4. The molecule has 2 aromatic heterocycles. The third-order valence-corrected chi connectivity index (χ3v) is 18.3. The normalized spacial score (nSPS) is 25.8. The Morgan fingerprint density at radius 3 is 1.45 bits per heavy atom. The van der Waals surface area contributed by atoms with Crippen molar-refractivity contribution < 1.29 is 57.8 Å². The van der Waals surface area contributed by atoms with Crippen LogP contribution in [0.3, 0.4) is 0 Å². The van der Waals surface area contributed by atoms with E-state index < -0.39 is 173 Å². The molecule has 12 atom stereocenters. The molecule has 1 saturated heterocycles. The summed E-state index contributed by atoms with van der Waals surface area (Å²) in [5.41, 5.74) is -1.67. The lowest BCUT2D eigenvalue weighted by molar-refractivity contribution is -0.157. The van der Waals surface area contributed by atoms with E-state index >= 15 is 19.2 Å². The Balaban J connectivity index is 2.33. The van der Waals surface area contributed by atoms with Gasteiger partial charge in [-0.15, -0.1) is 0 Å². The Morgan fingerprint density at radius 1 is 0.495 bits per heavy atom. The minimum absolute atomic E-state index is 0.0526. The van der Waals surface area contributed by atoms with Gasteiger partial charge in [-0.2, -0.15) is 0 Å². The second-order valence-electron chi connectivity index (χ2n) is 28.7. The first-order valence-corrected chi connectivity index (χ1v) is 33.1. The van der Waals surface area contributed by atoms with Gasteiger partial charge in [0.15, 0.2) is 23.0 Å². The first-order chi connectivity index (χ1) is 43.0. The number of nitrogens with one attached hydrogen (secondary N) is 4. The minimum Gasteiger partial charge on any atom is -0.390 e. The van der Waals surface area contributed by atoms with Gasteiger partial charge in [0.2, 0.25) is 47.3 Å². The van der Waals surface area contributed by atoms with Gasteiger partial charge in [-0.05, 0) is 80.5 Å². The molecule has 0 spiro atoms. The van der Waals surface area contributed by atoms with Crippen LogP contribution in [0.15, 0.2) is 9.59 Å². The number of H-pyrrole nitrogens is 3. The molecule has 93 heavy (non-hydrogen) atoms. The molecule has 0 bridgehead atoms. The zero-order valence-corrected chi connectivity index (χ0v) is 59.8. The van der Waals surface area contributed by atoms with Crippen molar-refractivity contribution in [1.82, 2.24) is 59.6 Å². The topological polar surface area (TPSA) is 337 Å². The number of Topliss-reactive ketones (excluding diaryl/α,β-unsaturated/α-hetero) is 3. The number of aliphatic hydroxyl groups is 1. The summed E-state index contributed by atoms with van der Waals surface area (Å²) in [6.45, 7) is 27.7. The van der Waals surface area contributed by atoms with Gasteiger partial charge in [0, 0.05) is 92.8 Å². The quantitative estimate of drug-likeness (QED) is 0.168. The third-order valence-electron chi connectivity index (χ3n) is 18.3. The fourth-order valence-electron chi connectivity index (χ4n) is 12.5. The third kappa shape index (κ3) is 20.9. The number of hydrogen-bond donors (Lipinski definition) is 5. The van der Waals surface area contributed by atoms with Crippen LogP contribution in [0.5, 0.6) is 0 Å². The van der Waals surface area contributed by atoms with Gasteiger partial charge in [0.25, 0.3) is 5.56 Å². The van der Waals surface area contributed by atoms with E-state index in [-0.39, 0.29) is 92.0 Å². The van der Waals surface area contributed by atoms with E-state index in [1.54, 1.807) is 41.5 Å². The average Bonchev–Trinajstić information content (AvgIpc) is 1.71. The van der Waals surface area contributed by atoms with Gasteiger partial charge in [-0.25, -0.2) is 9.78 Å². The van der Waals surface area contributed by atoms with E-state index in [0.717, 1.165) is 9.80 Å². The Hall–Kier alpha value is -7.12. The molecule has 0 aromatic carbocycles. The van der Waals surface area contributed by atoms with Crippen molar-refractivity contribution in [3.8, 4) is 0 Å². The van der Waals surface area contributed by atoms with Crippen LogP contribution in [-0.2, 0) is 59.2 Å². The highest BCUT2D eigenvalue weighted by molar-refractivity contribution is 5.99. The summed E-state index contributed by atoms with van der Waals surface area (Å²) in [6.07, 6.45) is -2.25. The van der Waals surface area contributed by atoms with Gasteiger partial charge in [0.1, 0.15) is 41.6 Å². The Morgan fingerprint density at radius 2 is 0.957 bits per heavy atom. The molecule has 8 amide bonds. The van der Waals surface area contributed by atoms with Crippen molar-refractivity contribution in [3.63, 3.8) is 0 Å². The first kappa shape index (κ1) is 80.1. The number of aromatic amines is 3. The van der Waals surface area contributed by atoms with Gasteiger partial charge in [-0.1, -0.05) is 104 Å². The number of carbonyl (C=O) groups excluding carboxylic acids is 11. The standard InChI is InChI=1S/C67H112N12O14/c1-24-43-31-51(82)56(57(84)40(14)30-52-69-54-58(70-52)71-67(93)72-60(54)86)79(23)66(92)55(39(12)13)78(22)65(91)48(28-37(8)9)77(21)64(90)47(27-36(6)7)76(20)61(87)42(16)68-59(85)41(15)29-49(80)46(26-35(4)5)75(19)63(89)44(38(10)11)32-50(81)45(25-34(2)3)74(18)53(83)33-73(17)62(43)88/h34-48,55-57,84H,24-33H2,1-23H3,(H,68,85)(H3,69,70,71,72,86,93)/t40-,41-,42-,43-,44+,45+,46+,47+,48+,55+,56-,57-/m1/s1. The van der Waals surface area contributed by atoms with Crippen LogP contribution < -0.4 is 16.6 Å². The van der Waals surface area contributed by atoms with Crippen LogP contribution in [0.1, 0.15) is 168 Å². The van der Waals surface area contributed by atoms with E-state index in [9.17, 15) is 48.3 Å². The first-order valence-electron chi connectivity index (χ1n) is 33.1. The molecule has 0 saturated carbocycles. The summed E-state index contributed by atoms with van der Waals surface area (Å²) in [7, 11) is 9.94. The fourth-order valence-corrected chi connectivity index (χ4v) is 12.5. The van der Waals surface area contributed by atoms with Crippen molar-refractivity contribution in [1.29, 1.82) is 0 Å². The van der Waals surface area contributed by atoms with Crippen molar-refractivity contribution >= 4 is 75.8 Å². The molecule has 1 fully saturated rings. The number of rotatable bonds is 15. The smallest absolute Gasteiger partial charge is 0.327 e. The number of fused-ring (bicyclic) bond motifs is 1. The summed E-state index contributed by atoms with van der Waals surface area (Å²) in [5.74, 6) is -12.1. The zero-order chi connectivity index (χ0) is 71.3. The lowest BCUT2D eigenvalue weighted by atomic mass is 9.84. The highest BCUT2D eigenvalue weighted by Gasteiger charge is 2.46. The molecular formula is C67H112N12O14. The van der Waals surface area contributed by atoms with Crippen molar-refractivity contribution in [2.45, 2.75) is 217 Å². The number of ketones is 3. The molecule has 3 heterocycles. The predicted molar refractivity (Wildman–Crippen MR) is 354 cm³/mol.